The van der Waals surface area contributed by atoms with E-state index in [0.29, 0.717) is 0 Å². The molecule has 0 N–H and O–H groups in total. The zero-order valence-corrected chi connectivity index (χ0v) is 7.96. The van der Waals surface area contributed by atoms with Gasteiger partial charge in [-0.25, -0.2) is 0 Å². The summed E-state index contributed by atoms with van der Waals surface area (Å²) in [5.41, 5.74) is 2.67. The minimum absolute atomic E-state index is 0.0257. The minimum Gasteiger partial charge on any atom is -0.0628 e. The molecular formula is C11H11P. The lowest BCUT2D eigenvalue weighted by atomic mass is 10.1. The smallest absolute Gasteiger partial charge is 0.0184 e. The summed E-state index contributed by atoms with van der Waals surface area (Å²) in [6, 6.07) is 8.48. The third-order valence-electron chi connectivity index (χ3n) is 1.97. The average molecular weight is 174 g/mol. The van der Waals surface area contributed by atoms with Crippen LogP contribution in [-0.4, -0.2) is 6.66 Å². The highest BCUT2D eigenvalue weighted by Crippen LogP contribution is 2.38. The van der Waals surface area contributed by atoms with Crippen molar-refractivity contribution < 1.29 is 0 Å². The van der Waals surface area contributed by atoms with E-state index in [1.807, 2.05) is 0 Å². The topological polar surface area (TPSA) is 0 Å². The Morgan fingerprint density at radius 3 is 1.92 bits per heavy atom. The first-order valence-electron chi connectivity index (χ1n) is 4.03. The van der Waals surface area contributed by atoms with Crippen LogP contribution < -0.4 is 0 Å². The molecule has 0 amide bonds. The number of benzene rings is 1. The van der Waals surface area contributed by atoms with Gasteiger partial charge in [0.1, 0.15) is 0 Å². The van der Waals surface area contributed by atoms with E-state index in [9.17, 15) is 0 Å². The predicted octanol–water partition coefficient (Wildman–Crippen LogP) is 3.75. The van der Waals surface area contributed by atoms with Crippen molar-refractivity contribution >= 4 is 20.1 Å². The molecule has 1 aliphatic rings. The highest BCUT2D eigenvalue weighted by Gasteiger charge is 1.99. The summed E-state index contributed by atoms with van der Waals surface area (Å²) >= 11 is 0. The zero-order valence-electron chi connectivity index (χ0n) is 7.07. The third kappa shape index (κ3) is 1.49. The highest BCUT2D eigenvalue weighted by atomic mass is 31.1. The molecule has 0 aromatic heterocycles. The fraction of sp³-hybridized carbons (Fsp3) is 0.0909. The van der Waals surface area contributed by atoms with Crippen molar-refractivity contribution in [3.63, 3.8) is 0 Å². The van der Waals surface area contributed by atoms with Gasteiger partial charge in [-0.05, 0) is 17.8 Å². The molecule has 1 heteroatoms. The van der Waals surface area contributed by atoms with E-state index in [1.54, 1.807) is 0 Å². The maximum absolute atomic E-state index is 2.29. The molecule has 0 radical (unpaired) electrons. The summed E-state index contributed by atoms with van der Waals surface area (Å²) in [5.74, 6) is 4.58. The Labute approximate surface area is 74.4 Å². The SMILES string of the molecule is CP1C=Cc2ccccc2C=C1. The van der Waals surface area contributed by atoms with E-state index in [-0.39, 0.29) is 7.92 Å². The van der Waals surface area contributed by atoms with E-state index in [4.69, 9.17) is 0 Å². The molecular weight excluding hydrogens is 163 g/mol. The summed E-state index contributed by atoms with van der Waals surface area (Å²) in [5, 5.41) is 0. The molecule has 1 aromatic rings. The van der Waals surface area contributed by atoms with Crippen LogP contribution in [0.3, 0.4) is 0 Å². The molecule has 12 heavy (non-hydrogen) atoms. The fourth-order valence-corrected chi connectivity index (χ4v) is 2.15. The fourth-order valence-electron chi connectivity index (χ4n) is 1.26. The van der Waals surface area contributed by atoms with Crippen molar-refractivity contribution in [2.24, 2.45) is 0 Å². The van der Waals surface area contributed by atoms with Gasteiger partial charge < -0.3 is 0 Å². The van der Waals surface area contributed by atoms with E-state index in [2.05, 4.69) is 54.7 Å². The van der Waals surface area contributed by atoms with Gasteiger partial charge in [-0.1, -0.05) is 56.0 Å². The Kier molecular flexibility index (Phi) is 2.10. The van der Waals surface area contributed by atoms with Crippen LogP contribution in [0.5, 0.6) is 0 Å². The molecule has 0 unspecified atom stereocenters. The molecule has 1 heterocycles. The van der Waals surface area contributed by atoms with Crippen LogP contribution in [0.4, 0.5) is 0 Å². The van der Waals surface area contributed by atoms with Gasteiger partial charge in [0.05, 0.1) is 0 Å². The number of hydrogen-bond acceptors (Lipinski definition) is 0. The summed E-state index contributed by atoms with van der Waals surface area (Å²) in [6.45, 7) is 2.26. The molecule has 2 rings (SSSR count). The van der Waals surface area contributed by atoms with Gasteiger partial charge in [-0.2, -0.15) is 0 Å². The molecule has 0 saturated heterocycles. The second-order valence-corrected chi connectivity index (χ2v) is 4.85. The standard InChI is InChI=1S/C11H11P/c1-12-8-6-10-4-2-3-5-11(10)7-9-12/h2-9H,1H3. The molecule has 1 aromatic carbocycles. The Morgan fingerprint density at radius 2 is 1.42 bits per heavy atom. The van der Waals surface area contributed by atoms with Crippen LogP contribution >= 0.6 is 7.92 Å². The molecule has 0 aliphatic carbocycles. The Balaban J connectivity index is 2.52. The van der Waals surface area contributed by atoms with Crippen molar-refractivity contribution in [2.45, 2.75) is 0 Å². The van der Waals surface area contributed by atoms with Crippen LogP contribution in [-0.2, 0) is 0 Å². The lowest BCUT2D eigenvalue weighted by Crippen LogP contribution is -1.76. The van der Waals surface area contributed by atoms with E-state index < -0.39 is 0 Å². The molecule has 0 spiro atoms. The second-order valence-electron chi connectivity index (χ2n) is 2.93. The third-order valence-corrected chi connectivity index (χ3v) is 3.21. The van der Waals surface area contributed by atoms with Crippen LogP contribution in [0.25, 0.3) is 12.2 Å². The maximum atomic E-state index is 2.29. The van der Waals surface area contributed by atoms with Gasteiger partial charge in [-0.3, -0.25) is 0 Å². The lowest BCUT2D eigenvalue weighted by molar-refractivity contribution is 1.62. The van der Waals surface area contributed by atoms with Gasteiger partial charge >= 0.3 is 0 Å². The van der Waals surface area contributed by atoms with Gasteiger partial charge in [-0.15, -0.1) is 0 Å². The molecule has 0 bridgehead atoms. The van der Waals surface area contributed by atoms with Gasteiger partial charge in [0, 0.05) is 0 Å². The summed E-state index contributed by atoms with van der Waals surface area (Å²) in [6.07, 6.45) is 4.45. The van der Waals surface area contributed by atoms with Crippen LogP contribution in [0.2, 0.25) is 0 Å². The van der Waals surface area contributed by atoms with Crippen LogP contribution in [0.1, 0.15) is 11.1 Å². The zero-order chi connectivity index (χ0) is 8.39. The monoisotopic (exact) mass is 174 g/mol. The number of hydrogen-bond donors (Lipinski definition) is 0. The van der Waals surface area contributed by atoms with Gasteiger partial charge in [0.25, 0.3) is 0 Å². The van der Waals surface area contributed by atoms with Crippen LogP contribution in [0.15, 0.2) is 35.9 Å². The number of rotatable bonds is 0. The summed E-state index contributed by atoms with van der Waals surface area (Å²) < 4.78 is 0. The Bertz CT molecular complexity index is 304. The van der Waals surface area contributed by atoms with Crippen molar-refractivity contribution in [3.05, 3.63) is 47.0 Å². The van der Waals surface area contributed by atoms with Crippen molar-refractivity contribution in [1.29, 1.82) is 0 Å². The Morgan fingerprint density at radius 1 is 0.917 bits per heavy atom. The highest BCUT2D eigenvalue weighted by molar-refractivity contribution is 7.63. The average Bonchev–Trinajstić information content (AvgIpc) is 2.29. The predicted molar refractivity (Wildman–Crippen MR) is 57.4 cm³/mol. The second kappa shape index (κ2) is 3.25. The maximum Gasteiger partial charge on any atom is -0.0184 e. The van der Waals surface area contributed by atoms with E-state index >= 15 is 0 Å². The quantitative estimate of drug-likeness (QED) is 0.525. The van der Waals surface area contributed by atoms with Gasteiger partial charge in [0.15, 0.2) is 0 Å². The molecule has 0 saturated carbocycles. The first kappa shape index (κ1) is 7.76. The minimum atomic E-state index is -0.0257. The van der Waals surface area contributed by atoms with Crippen molar-refractivity contribution in [1.82, 2.24) is 0 Å². The lowest BCUT2D eigenvalue weighted by Gasteiger charge is -1.96. The van der Waals surface area contributed by atoms with Crippen molar-refractivity contribution in [2.75, 3.05) is 6.66 Å². The summed E-state index contributed by atoms with van der Waals surface area (Å²) in [7, 11) is -0.0257. The summed E-state index contributed by atoms with van der Waals surface area (Å²) in [4.78, 5) is 0. The van der Waals surface area contributed by atoms with Crippen molar-refractivity contribution in [3.8, 4) is 0 Å². The van der Waals surface area contributed by atoms with E-state index in [0.717, 1.165) is 0 Å². The van der Waals surface area contributed by atoms with Crippen LogP contribution in [0, 0.1) is 0 Å². The van der Waals surface area contributed by atoms with E-state index in [1.165, 1.54) is 11.1 Å². The Hall–Kier alpha value is -0.870. The number of fused-ring (bicyclic) bond motifs is 1. The largest absolute Gasteiger partial charge is 0.0628 e. The first-order valence-corrected chi connectivity index (χ1v) is 5.96. The molecule has 60 valence electrons. The molecule has 1 aliphatic heterocycles. The first-order chi connectivity index (χ1) is 5.86. The molecule has 0 atom stereocenters. The molecule has 0 fully saturated rings. The normalized spacial score (nSPS) is 15.8. The molecule has 0 nitrogen and oxygen atoms in total. The van der Waals surface area contributed by atoms with Gasteiger partial charge in [0.2, 0.25) is 0 Å².